The quantitative estimate of drug-likeness (QED) is 0.826. The molecule has 2 aliphatic carbocycles. The van der Waals surface area contributed by atoms with Crippen molar-refractivity contribution >= 4 is 10.9 Å². The second-order valence-electron chi connectivity index (χ2n) is 8.01. The van der Waals surface area contributed by atoms with E-state index in [2.05, 4.69) is 22.8 Å². The van der Waals surface area contributed by atoms with Crippen LogP contribution in [-0.2, 0) is 13.0 Å². The van der Waals surface area contributed by atoms with Gasteiger partial charge in [0.15, 0.2) is 0 Å². The maximum Gasteiger partial charge on any atom is 0.103 e. The van der Waals surface area contributed by atoms with Crippen molar-refractivity contribution < 1.29 is 10.5 Å². The minimum atomic E-state index is -0.766. The van der Waals surface area contributed by atoms with Crippen molar-refractivity contribution in [3.63, 3.8) is 0 Å². The van der Waals surface area contributed by atoms with Crippen molar-refractivity contribution in [3.05, 3.63) is 40.2 Å². The number of benzene rings is 1. The molecule has 2 aromatic rings. The summed E-state index contributed by atoms with van der Waals surface area (Å²) in [7, 11) is 0. The highest BCUT2D eigenvalue weighted by Crippen LogP contribution is 2.43. The number of hydrogen-bond donors (Lipinski definition) is 2. The summed E-state index contributed by atoms with van der Waals surface area (Å²) in [5.74, 6) is 0.720. The van der Waals surface area contributed by atoms with E-state index in [-0.39, 0.29) is 6.04 Å². The lowest BCUT2D eigenvalue weighted by Crippen LogP contribution is -3.12. The lowest BCUT2D eigenvalue weighted by Gasteiger charge is -2.40. The lowest BCUT2D eigenvalue weighted by atomic mass is 9.83. The minimum absolute atomic E-state index is 0.0560. The Labute approximate surface area is 148 Å². The summed E-state index contributed by atoms with van der Waals surface area (Å²) in [6, 6.07) is 7.15. The molecule has 5 heteroatoms. The number of nitrogens with one attached hydrogen (secondary N) is 1. The third-order valence-electron chi connectivity index (χ3n) is 6.72. The number of aryl methyl sites for hydroxylation is 1. The van der Waals surface area contributed by atoms with E-state index in [9.17, 15) is 10.4 Å². The van der Waals surface area contributed by atoms with Gasteiger partial charge in [-0.1, -0.05) is 25.3 Å². The fourth-order valence-corrected chi connectivity index (χ4v) is 5.54. The topological polar surface area (TPSA) is 55.9 Å². The molecule has 0 spiro atoms. The molecule has 3 aliphatic rings. The van der Waals surface area contributed by atoms with E-state index in [1.807, 2.05) is 0 Å². The number of quaternary nitrogens is 1. The molecule has 1 aromatic heterocycles. The summed E-state index contributed by atoms with van der Waals surface area (Å²) in [4.78, 5) is 0. The Morgan fingerprint density at radius 3 is 2.68 bits per heavy atom. The fraction of sp³-hybridized carbons (Fsp3) is 0.600. The first-order valence-electron chi connectivity index (χ1n) is 9.88. The van der Waals surface area contributed by atoms with Crippen LogP contribution in [0, 0.1) is 5.21 Å². The number of hydrogen-bond acceptors (Lipinski definition) is 3. The fourth-order valence-electron chi connectivity index (χ4n) is 5.54. The summed E-state index contributed by atoms with van der Waals surface area (Å²) < 4.78 is 2.42. The Morgan fingerprint density at radius 1 is 1.04 bits per heavy atom. The van der Waals surface area contributed by atoms with E-state index < -0.39 is 5.34 Å². The average Bonchev–Trinajstić information content (AvgIpc) is 2.98. The molecule has 1 saturated carbocycles. The number of fused-ring (bicyclic) bond motifs is 3. The zero-order valence-corrected chi connectivity index (χ0v) is 14.7. The summed E-state index contributed by atoms with van der Waals surface area (Å²) in [6.45, 7) is 1.40. The Kier molecular flexibility index (Phi) is 3.86. The highest BCUT2D eigenvalue weighted by Gasteiger charge is 2.38. The largest absolute Gasteiger partial charge is 0.579 e. The van der Waals surface area contributed by atoms with Crippen LogP contribution in [0.1, 0.15) is 73.7 Å². The third-order valence-corrected chi connectivity index (χ3v) is 6.72. The zero-order valence-electron chi connectivity index (χ0n) is 14.7. The molecule has 2 N–H and O–H groups in total. The van der Waals surface area contributed by atoms with Crippen LogP contribution < -0.4 is 5.34 Å². The lowest BCUT2D eigenvalue weighted by molar-refractivity contribution is -1.15. The summed E-state index contributed by atoms with van der Waals surface area (Å²) >= 11 is 0. The van der Waals surface area contributed by atoms with Crippen molar-refractivity contribution in [1.82, 2.24) is 9.58 Å². The van der Waals surface area contributed by atoms with Gasteiger partial charge >= 0.3 is 0 Å². The van der Waals surface area contributed by atoms with Gasteiger partial charge in [-0.05, 0) is 61.3 Å². The second kappa shape index (κ2) is 6.09. The smallest absolute Gasteiger partial charge is 0.103 e. The molecule has 1 fully saturated rings. The Morgan fingerprint density at radius 2 is 1.88 bits per heavy atom. The molecule has 0 radical (unpaired) electrons. The molecule has 2 heterocycles. The molecule has 25 heavy (non-hydrogen) atoms. The highest BCUT2D eigenvalue weighted by molar-refractivity contribution is 5.87. The van der Waals surface area contributed by atoms with Gasteiger partial charge in [-0.15, -0.1) is 10.3 Å². The summed E-state index contributed by atoms with van der Waals surface area (Å²) in [5.41, 5.74) is 5.54. The molecule has 134 valence electrons. The van der Waals surface area contributed by atoms with Gasteiger partial charge in [0.1, 0.15) is 6.04 Å². The molecule has 2 atom stereocenters. The van der Waals surface area contributed by atoms with Crippen molar-refractivity contribution in [2.24, 2.45) is 0 Å². The van der Waals surface area contributed by atoms with Gasteiger partial charge in [0.25, 0.3) is 0 Å². The Balaban J connectivity index is 1.63. The van der Waals surface area contributed by atoms with Gasteiger partial charge in [-0.3, -0.25) is 0 Å². The number of rotatable bonds is 2. The number of nitrogens with zero attached hydrogens (tertiary/aromatic N) is 2. The summed E-state index contributed by atoms with van der Waals surface area (Å²) in [6.07, 6.45) is 9.90. The van der Waals surface area contributed by atoms with Crippen LogP contribution in [0.4, 0.5) is 0 Å². The first-order chi connectivity index (χ1) is 12.2. The second-order valence-corrected chi connectivity index (χ2v) is 8.01. The maximum atomic E-state index is 11.7. The molecule has 0 bridgehead atoms. The number of aromatic nitrogens is 1. The van der Waals surface area contributed by atoms with Crippen LogP contribution in [0.2, 0.25) is 0 Å². The van der Waals surface area contributed by atoms with Crippen molar-refractivity contribution in [2.75, 3.05) is 6.54 Å². The monoisotopic (exact) mass is 341 g/mol. The van der Waals surface area contributed by atoms with Crippen molar-refractivity contribution in [2.45, 2.75) is 69.9 Å². The van der Waals surface area contributed by atoms with Crippen LogP contribution in [0.25, 0.3) is 10.9 Å². The summed E-state index contributed by atoms with van der Waals surface area (Å²) in [5, 5.41) is 23.5. The van der Waals surface area contributed by atoms with Crippen LogP contribution in [-0.4, -0.2) is 21.3 Å². The molecule has 1 aliphatic heterocycles. The minimum Gasteiger partial charge on any atom is -0.579 e. The van der Waals surface area contributed by atoms with E-state index in [0.717, 1.165) is 31.7 Å². The maximum absolute atomic E-state index is 11.7. The van der Waals surface area contributed by atoms with Crippen molar-refractivity contribution in [1.29, 1.82) is 0 Å². The van der Waals surface area contributed by atoms with Gasteiger partial charge in [-0.2, -0.15) is 5.21 Å². The predicted molar refractivity (Wildman–Crippen MR) is 96.3 cm³/mol. The van der Waals surface area contributed by atoms with Gasteiger partial charge in [0.05, 0.1) is 6.54 Å². The van der Waals surface area contributed by atoms with E-state index in [1.54, 1.807) is 5.01 Å². The van der Waals surface area contributed by atoms with Crippen LogP contribution in [0.3, 0.4) is 0 Å². The van der Waals surface area contributed by atoms with Gasteiger partial charge in [0.2, 0.25) is 0 Å². The van der Waals surface area contributed by atoms with Crippen LogP contribution in [0.15, 0.2) is 18.2 Å². The van der Waals surface area contributed by atoms with Crippen LogP contribution in [0.5, 0.6) is 0 Å². The average molecular weight is 341 g/mol. The molecule has 2 unspecified atom stereocenters. The molecular formula is C20H27N3O2. The Hall–Kier alpha value is -1.40. The molecule has 5 rings (SSSR count). The van der Waals surface area contributed by atoms with Gasteiger partial charge in [-0.25, -0.2) is 0 Å². The third kappa shape index (κ3) is 2.45. The zero-order chi connectivity index (χ0) is 17.0. The van der Waals surface area contributed by atoms with Gasteiger partial charge < -0.3 is 9.77 Å². The van der Waals surface area contributed by atoms with E-state index in [0.29, 0.717) is 6.54 Å². The van der Waals surface area contributed by atoms with Gasteiger partial charge in [0, 0.05) is 23.1 Å². The first kappa shape index (κ1) is 15.8. The van der Waals surface area contributed by atoms with E-state index in [4.69, 9.17) is 0 Å². The standard InChI is InChI=1S/C20H27N3O2/c24-23(25)22-12-11-21-18-10-9-15(14-5-2-1-3-6-14)13-17(18)16-7-4-8-19(22)20(16)21/h9-10,13-14,19,23-24H,1-8,11-12H2. The van der Waals surface area contributed by atoms with E-state index in [1.165, 1.54) is 59.8 Å². The molecule has 5 nitrogen and oxygen atoms in total. The molecular weight excluding hydrogens is 314 g/mol. The SMILES string of the molecule is [O-][NH+](O)N1CCn2c3c(c4cc(C5CCCCC5)ccc42)CCCC31. The highest BCUT2D eigenvalue weighted by atomic mass is 16.8. The molecule has 0 amide bonds. The Bertz CT molecular complexity index is 792. The van der Waals surface area contributed by atoms with Crippen molar-refractivity contribution in [3.8, 4) is 0 Å². The molecule has 1 aromatic carbocycles. The first-order valence-corrected chi connectivity index (χ1v) is 9.88. The predicted octanol–water partition coefficient (Wildman–Crippen LogP) is 3.07. The van der Waals surface area contributed by atoms with Crippen LogP contribution >= 0.6 is 0 Å². The normalized spacial score (nSPS) is 25.9. The van der Waals surface area contributed by atoms with E-state index >= 15 is 0 Å². The molecule has 0 saturated heterocycles.